The van der Waals surface area contributed by atoms with Crippen LogP contribution in [0.4, 0.5) is 14.5 Å². The number of halogens is 2. The molecule has 3 fully saturated rings. The Labute approximate surface area is 260 Å². The van der Waals surface area contributed by atoms with Crippen LogP contribution in [-0.4, -0.2) is 59.2 Å². The number of hydrogen-bond donors (Lipinski definition) is 0. The van der Waals surface area contributed by atoms with Crippen molar-refractivity contribution in [1.29, 1.82) is 0 Å². The molecule has 6 rings (SSSR count). The molecule has 3 atom stereocenters. The maximum absolute atomic E-state index is 15.0. The number of carbonyl (C=O) groups is 1. The Morgan fingerprint density at radius 3 is 2.52 bits per heavy atom. The molecule has 3 aromatic rings. The fourth-order valence-electron chi connectivity index (χ4n) is 8.30. The number of carbonyl (C=O) groups excluding carboxylic acids is 1. The van der Waals surface area contributed by atoms with Crippen LogP contribution in [0.5, 0.6) is 0 Å². The summed E-state index contributed by atoms with van der Waals surface area (Å²) >= 11 is 0. The van der Waals surface area contributed by atoms with Crippen molar-refractivity contribution in [3.8, 4) is 0 Å². The van der Waals surface area contributed by atoms with Gasteiger partial charge in [0, 0.05) is 67.9 Å². The van der Waals surface area contributed by atoms with E-state index in [-0.39, 0.29) is 29.6 Å². The Morgan fingerprint density at radius 2 is 1.84 bits per heavy atom. The molecule has 1 saturated carbocycles. The number of anilines is 1. The summed E-state index contributed by atoms with van der Waals surface area (Å²) in [6.45, 7) is 11.2. The molecule has 0 radical (unpaired) electrons. The predicted octanol–water partition coefficient (Wildman–Crippen LogP) is 6.69. The fourth-order valence-corrected chi connectivity index (χ4v) is 8.30. The van der Waals surface area contributed by atoms with Crippen molar-refractivity contribution in [2.24, 2.45) is 17.8 Å². The average molecular weight is 605 g/mol. The Kier molecular flexibility index (Phi) is 9.08. The monoisotopic (exact) mass is 604 g/mol. The number of likely N-dealkylation sites (tertiary alicyclic amines) is 1. The molecule has 6 nitrogen and oxygen atoms in total. The van der Waals surface area contributed by atoms with Crippen LogP contribution in [0.1, 0.15) is 62.4 Å². The van der Waals surface area contributed by atoms with Gasteiger partial charge in [0.05, 0.1) is 0 Å². The first-order chi connectivity index (χ1) is 21.3. The van der Waals surface area contributed by atoms with Crippen LogP contribution in [0.25, 0.3) is 0 Å². The summed E-state index contributed by atoms with van der Waals surface area (Å²) in [7, 11) is 0. The van der Waals surface area contributed by atoms with Crippen molar-refractivity contribution in [1.82, 2.24) is 14.5 Å². The topological polar surface area (TPSA) is 50.6 Å². The molecule has 0 unspecified atom stereocenters. The van der Waals surface area contributed by atoms with Gasteiger partial charge in [0.15, 0.2) is 0 Å². The molecule has 2 aliphatic heterocycles. The highest BCUT2D eigenvalue weighted by molar-refractivity contribution is 5.69. The Hall–Kier alpha value is -3.26. The third kappa shape index (κ3) is 6.15. The van der Waals surface area contributed by atoms with E-state index in [1.165, 1.54) is 6.07 Å². The lowest BCUT2D eigenvalue weighted by Gasteiger charge is -2.51. The quantitative estimate of drug-likeness (QED) is 0.242. The maximum atomic E-state index is 15.0. The van der Waals surface area contributed by atoms with E-state index < -0.39 is 5.41 Å². The number of esters is 1. The van der Waals surface area contributed by atoms with Crippen LogP contribution in [-0.2, 0) is 21.5 Å². The number of rotatable bonds is 10. The van der Waals surface area contributed by atoms with E-state index >= 15 is 0 Å². The highest BCUT2D eigenvalue weighted by Gasteiger charge is 2.53. The van der Waals surface area contributed by atoms with Crippen molar-refractivity contribution < 1.29 is 18.3 Å². The van der Waals surface area contributed by atoms with E-state index in [1.807, 2.05) is 44.4 Å². The molecular formula is C36H46F2N4O2. The van der Waals surface area contributed by atoms with Crippen LogP contribution in [0.3, 0.4) is 0 Å². The smallest absolute Gasteiger partial charge is 0.305 e. The van der Waals surface area contributed by atoms with Gasteiger partial charge in [0.1, 0.15) is 23.6 Å². The zero-order chi connectivity index (χ0) is 30.8. The molecule has 2 saturated heterocycles. The first kappa shape index (κ1) is 30.8. The van der Waals surface area contributed by atoms with Gasteiger partial charge in [-0.05, 0) is 100 Å². The molecule has 1 aliphatic carbocycles. The van der Waals surface area contributed by atoms with Gasteiger partial charge in [-0.25, -0.2) is 13.8 Å². The van der Waals surface area contributed by atoms with Crippen LogP contribution < -0.4 is 4.90 Å². The van der Waals surface area contributed by atoms with Crippen LogP contribution >= 0.6 is 0 Å². The largest absolute Gasteiger partial charge is 0.462 e. The van der Waals surface area contributed by atoms with E-state index in [0.29, 0.717) is 30.4 Å². The Morgan fingerprint density at radius 1 is 1.05 bits per heavy atom. The number of nitrogens with zero attached hydrogens (tertiary/aromatic N) is 4. The van der Waals surface area contributed by atoms with Gasteiger partial charge in [-0.1, -0.05) is 25.1 Å². The number of benzene rings is 2. The standard InChI is InChI=1S/C36H46F2N4O2/c1-4-35(43)44-34-10-6-9-32(34)36(24-41-18-15-39-26(41)3,29-7-5-8-30(37)19-29)28-13-16-40(17-14-28)21-27-22-42(23-27)31-12-11-25(2)33(38)20-31/h5,7-8,11-12,15,18-20,27-28,32,34H,4,6,9-10,13-14,16-17,21-24H2,1-3H3/t32-,34-,36-/m0/s1. The maximum Gasteiger partial charge on any atom is 0.305 e. The summed E-state index contributed by atoms with van der Waals surface area (Å²) in [5.74, 6) is 1.35. The Bertz CT molecular complexity index is 1450. The van der Waals surface area contributed by atoms with Gasteiger partial charge >= 0.3 is 5.97 Å². The second-order valence-electron chi connectivity index (χ2n) is 13.4. The molecular weight excluding hydrogens is 558 g/mol. The third-order valence-corrected chi connectivity index (χ3v) is 10.7. The minimum atomic E-state index is -0.405. The number of ether oxygens (including phenoxy) is 1. The zero-order valence-electron chi connectivity index (χ0n) is 26.4. The van der Waals surface area contributed by atoms with Gasteiger partial charge in [-0.15, -0.1) is 0 Å². The van der Waals surface area contributed by atoms with Crippen molar-refractivity contribution >= 4 is 11.7 Å². The lowest BCUT2D eigenvalue weighted by Crippen LogP contribution is -2.55. The predicted molar refractivity (Wildman–Crippen MR) is 169 cm³/mol. The first-order valence-corrected chi connectivity index (χ1v) is 16.4. The van der Waals surface area contributed by atoms with Crippen molar-refractivity contribution in [3.63, 3.8) is 0 Å². The van der Waals surface area contributed by atoms with E-state index in [4.69, 9.17) is 4.74 Å². The molecule has 2 aromatic carbocycles. The van der Waals surface area contributed by atoms with E-state index in [2.05, 4.69) is 25.4 Å². The van der Waals surface area contributed by atoms with E-state index in [0.717, 1.165) is 81.9 Å². The SMILES string of the molecule is CCC(=O)O[C@H]1CCC[C@@H]1[C@](Cn1ccnc1C)(c1cccc(F)c1)C1CCN(CC2CN(c3ccc(C)c(F)c3)C2)CC1. The second-order valence-corrected chi connectivity index (χ2v) is 13.4. The Balaban J connectivity index is 1.23. The van der Waals surface area contributed by atoms with Gasteiger partial charge in [0.25, 0.3) is 0 Å². The summed E-state index contributed by atoms with van der Waals surface area (Å²) in [4.78, 5) is 22.0. The number of imidazole rings is 1. The summed E-state index contributed by atoms with van der Waals surface area (Å²) in [6.07, 6.45) is 8.82. The van der Waals surface area contributed by atoms with E-state index in [1.54, 1.807) is 19.1 Å². The van der Waals surface area contributed by atoms with Crippen molar-refractivity contribution in [2.75, 3.05) is 37.6 Å². The summed E-state index contributed by atoms with van der Waals surface area (Å²) in [5, 5.41) is 0. The highest BCUT2D eigenvalue weighted by Crippen LogP contribution is 2.52. The minimum Gasteiger partial charge on any atom is -0.462 e. The van der Waals surface area contributed by atoms with Crippen LogP contribution in [0, 0.1) is 43.2 Å². The highest BCUT2D eigenvalue weighted by atomic mass is 19.1. The van der Waals surface area contributed by atoms with Gasteiger partial charge < -0.3 is 19.1 Å². The number of aromatic nitrogens is 2. The van der Waals surface area contributed by atoms with Gasteiger partial charge in [0.2, 0.25) is 0 Å². The number of hydrogen-bond acceptors (Lipinski definition) is 5. The van der Waals surface area contributed by atoms with Gasteiger partial charge in [-0.2, -0.15) is 0 Å². The molecule has 1 aromatic heterocycles. The molecule has 3 heterocycles. The molecule has 0 N–H and O–H groups in total. The molecule has 0 amide bonds. The zero-order valence-corrected chi connectivity index (χ0v) is 26.4. The van der Waals surface area contributed by atoms with Crippen molar-refractivity contribution in [3.05, 3.63) is 83.4 Å². The molecule has 44 heavy (non-hydrogen) atoms. The third-order valence-electron chi connectivity index (χ3n) is 10.7. The lowest BCUT2D eigenvalue weighted by molar-refractivity contribution is -0.152. The van der Waals surface area contributed by atoms with E-state index in [9.17, 15) is 13.6 Å². The normalized spacial score (nSPS) is 23.0. The molecule has 3 aliphatic rings. The average Bonchev–Trinajstić information content (AvgIpc) is 3.63. The minimum absolute atomic E-state index is 0.0910. The number of piperidine rings is 1. The summed E-state index contributed by atoms with van der Waals surface area (Å²) < 4.78 is 37.4. The van der Waals surface area contributed by atoms with Crippen LogP contribution in [0.2, 0.25) is 0 Å². The molecule has 0 bridgehead atoms. The summed E-state index contributed by atoms with van der Waals surface area (Å²) in [6, 6.07) is 12.7. The van der Waals surface area contributed by atoms with Crippen molar-refractivity contribution in [2.45, 2.75) is 77.4 Å². The first-order valence-electron chi connectivity index (χ1n) is 16.4. The molecule has 236 valence electrons. The lowest BCUT2D eigenvalue weighted by atomic mass is 9.58. The number of aryl methyl sites for hydroxylation is 2. The second kappa shape index (κ2) is 13.0. The molecule has 0 spiro atoms. The van der Waals surface area contributed by atoms with Crippen LogP contribution in [0.15, 0.2) is 54.9 Å². The van der Waals surface area contributed by atoms with Gasteiger partial charge in [-0.3, -0.25) is 4.79 Å². The fraction of sp³-hybridized carbons (Fsp3) is 0.556. The molecule has 8 heteroatoms. The summed E-state index contributed by atoms with van der Waals surface area (Å²) in [5.41, 5.74) is 2.25.